The van der Waals surface area contributed by atoms with Gasteiger partial charge in [0.15, 0.2) is 0 Å². The Morgan fingerprint density at radius 3 is 2.12 bits per heavy atom. The van der Waals surface area contributed by atoms with E-state index in [1.165, 1.54) is 16.1 Å². The first-order chi connectivity index (χ1) is 31.6. The van der Waals surface area contributed by atoms with Gasteiger partial charge in [0, 0.05) is 44.0 Å². The zero-order valence-electron chi connectivity index (χ0n) is 38.1. The van der Waals surface area contributed by atoms with E-state index in [0.29, 0.717) is 0 Å². The molecule has 0 bridgehead atoms. The van der Waals surface area contributed by atoms with Gasteiger partial charge in [-0.25, -0.2) is 0 Å². The number of rotatable bonds is 8. The first-order valence-corrected chi connectivity index (χ1v) is 25.5. The molecule has 3 heterocycles. The number of furan rings is 1. The number of para-hydroxylation sites is 3. The van der Waals surface area contributed by atoms with Crippen LogP contribution in [0.3, 0.4) is 0 Å². The number of pyridine rings is 1. The third kappa shape index (κ3) is 8.42. The largest absolute Gasteiger partial charge is 0.501 e. The molecule has 3 aromatic heterocycles. The summed E-state index contributed by atoms with van der Waals surface area (Å²) in [4.78, 5) is 9.93. The van der Waals surface area contributed by atoms with Gasteiger partial charge in [0.1, 0.15) is 5.58 Å². The molecule has 0 spiro atoms. The van der Waals surface area contributed by atoms with Crippen LogP contribution in [-0.2, 0) is 20.1 Å². The Kier molecular flexibility index (Phi) is 12.0. The fourth-order valence-electron chi connectivity index (χ4n) is 8.93. The van der Waals surface area contributed by atoms with Crippen LogP contribution in [-0.4, -0.2) is 22.6 Å². The fourth-order valence-corrected chi connectivity index (χ4v) is 10.5. The van der Waals surface area contributed by atoms with Crippen molar-refractivity contribution in [2.75, 3.05) is 0 Å². The van der Waals surface area contributed by atoms with Crippen LogP contribution >= 0.6 is 0 Å². The van der Waals surface area contributed by atoms with Gasteiger partial charge < -0.3 is 14.0 Å². The van der Waals surface area contributed by atoms with Crippen molar-refractivity contribution in [3.63, 3.8) is 0 Å². The average molecular weight is 1040 g/mol. The third-order valence-corrected chi connectivity index (χ3v) is 14.4. The molecule has 0 aliphatic heterocycles. The van der Waals surface area contributed by atoms with E-state index in [1.807, 2.05) is 73.8 Å². The Bertz CT molecular complexity index is 3470. The van der Waals surface area contributed by atoms with Gasteiger partial charge in [0.05, 0.1) is 36.2 Å². The molecular formula is C59H49IrN3OSi-2. The van der Waals surface area contributed by atoms with Crippen LogP contribution in [0.25, 0.3) is 83.2 Å². The minimum absolute atomic E-state index is 0. The standard InChI is InChI=1S/C35H21N2O.C24H28NSi.Ir/c1-2-11-23(12-3-1)26-22-21-24-13-4-5-14-25(24)33(26)37-31-19-8-7-18-30(31)36-35(37)29-17-10-16-28-27-15-6-9-20-32(27)38-34(28)29;1-18(20-12-8-6-9-13-20)19(2)22-16-23(21-14-10-7-11-15-21)25-17-24(22)26(3,4)5;/h1-16,18-22H;6-14,16-19H,1-5H3;/q2*-1;/i;19D;. The van der Waals surface area contributed by atoms with Gasteiger partial charge in [-0.3, -0.25) is 4.98 Å². The summed E-state index contributed by atoms with van der Waals surface area (Å²) >= 11 is 0. The predicted molar refractivity (Wildman–Crippen MR) is 270 cm³/mol. The summed E-state index contributed by atoms with van der Waals surface area (Å²) < 4.78 is 18.1. The maximum absolute atomic E-state index is 9.37. The smallest absolute Gasteiger partial charge is 0.120 e. The zero-order chi connectivity index (χ0) is 44.7. The number of benzene rings is 8. The summed E-state index contributed by atoms with van der Waals surface area (Å²) in [5.41, 5.74) is 12.0. The molecule has 11 aromatic rings. The summed E-state index contributed by atoms with van der Waals surface area (Å²) in [6, 6.07) is 71.3. The monoisotopic (exact) mass is 1040 g/mol. The number of fused-ring (bicyclic) bond motifs is 5. The Labute approximate surface area is 397 Å². The summed E-state index contributed by atoms with van der Waals surface area (Å²) in [5, 5.41) is 5.76. The van der Waals surface area contributed by atoms with Crippen molar-refractivity contribution in [3.8, 4) is 39.5 Å². The number of imidazole rings is 1. The van der Waals surface area contributed by atoms with E-state index >= 15 is 0 Å². The van der Waals surface area contributed by atoms with E-state index < -0.39 is 14.0 Å². The Balaban J connectivity index is 0.000000174. The van der Waals surface area contributed by atoms with E-state index in [2.05, 4.69) is 171 Å². The summed E-state index contributed by atoms with van der Waals surface area (Å²) in [6.07, 6.45) is 2.02. The third-order valence-electron chi connectivity index (χ3n) is 12.4. The molecule has 2 atom stereocenters. The normalized spacial score (nSPS) is 13.2. The van der Waals surface area contributed by atoms with Gasteiger partial charge in [-0.2, -0.15) is 0 Å². The van der Waals surface area contributed by atoms with Gasteiger partial charge in [-0.05, 0) is 57.4 Å². The minimum atomic E-state index is -1.65. The van der Waals surface area contributed by atoms with Crippen molar-refractivity contribution < 1.29 is 25.9 Å². The molecule has 8 aromatic carbocycles. The second-order valence-electron chi connectivity index (χ2n) is 17.5. The SMILES string of the molecule is [2H]C(C)(c1cc(-c2[c-]cccc2)ncc1[Si](C)(C)C)C(C)c1ccccc1.[Ir].[c-]1ccc2c(oc3ccccc32)c1-c1nc2ccccc2n1-c1c(-c2ccccc2)ccc2ccccc12. The van der Waals surface area contributed by atoms with Crippen LogP contribution in [0.2, 0.25) is 19.6 Å². The summed E-state index contributed by atoms with van der Waals surface area (Å²) in [7, 11) is -1.65. The van der Waals surface area contributed by atoms with E-state index in [4.69, 9.17) is 14.4 Å². The summed E-state index contributed by atoms with van der Waals surface area (Å²) in [6.45, 7) is 11.2. The van der Waals surface area contributed by atoms with Crippen LogP contribution in [0.5, 0.6) is 0 Å². The first-order valence-electron chi connectivity index (χ1n) is 22.5. The predicted octanol–water partition coefficient (Wildman–Crippen LogP) is 15.2. The molecule has 65 heavy (non-hydrogen) atoms. The maximum atomic E-state index is 9.37. The maximum Gasteiger partial charge on any atom is 0.120 e. The number of nitrogens with zero attached hydrogens (tertiary/aromatic N) is 3. The van der Waals surface area contributed by atoms with Crippen LogP contribution in [0, 0.1) is 12.1 Å². The van der Waals surface area contributed by atoms with Gasteiger partial charge in [-0.15, -0.1) is 54.1 Å². The number of hydrogen-bond donors (Lipinski definition) is 0. The van der Waals surface area contributed by atoms with Gasteiger partial charge >= 0.3 is 0 Å². The van der Waals surface area contributed by atoms with Crippen molar-refractivity contribution in [1.82, 2.24) is 14.5 Å². The van der Waals surface area contributed by atoms with Crippen LogP contribution < -0.4 is 5.19 Å². The number of hydrogen-bond acceptors (Lipinski definition) is 3. The van der Waals surface area contributed by atoms with Crippen LogP contribution in [0.4, 0.5) is 0 Å². The Hall–Kier alpha value is -6.69. The van der Waals surface area contributed by atoms with Gasteiger partial charge in [-0.1, -0.05) is 183 Å². The molecule has 0 amide bonds. The fraction of sp³-hybridized carbons (Fsp3) is 0.119. The van der Waals surface area contributed by atoms with E-state index in [9.17, 15) is 1.37 Å². The van der Waals surface area contributed by atoms with Crippen molar-refractivity contribution >= 4 is 57.0 Å². The Morgan fingerprint density at radius 1 is 0.662 bits per heavy atom. The Morgan fingerprint density at radius 2 is 1.35 bits per heavy atom. The zero-order valence-corrected chi connectivity index (χ0v) is 40.5. The molecule has 0 saturated carbocycles. The molecule has 0 aliphatic rings. The number of aromatic nitrogens is 3. The van der Waals surface area contributed by atoms with E-state index in [1.54, 1.807) is 0 Å². The van der Waals surface area contributed by atoms with E-state index in [0.717, 1.165) is 83.4 Å². The molecule has 0 saturated heterocycles. The van der Waals surface area contributed by atoms with Crippen LogP contribution in [0.1, 0.15) is 38.2 Å². The molecule has 0 aliphatic carbocycles. The molecule has 0 fully saturated rings. The molecule has 321 valence electrons. The van der Waals surface area contributed by atoms with Gasteiger partial charge in [0.25, 0.3) is 0 Å². The topological polar surface area (TPSA) is 43.9 Å². The summed E-state index contributed by atoms with van der Waals surface area (Å²) in [5.74, 6) is 0.136. The molecule has 11 rings (SSSR count). The second kappa shape index (κ2) is 18.4. The quantitative estimate of drug-likeness (QED) is 0.113. The molecule has 0 N–H and O–H groups in total. The van der Waals surface area contributed by atoms with Crippen molar-refractivity contribution in [2.24, 2.45) is 0 Å². The molecule has 4 nitrogen and oxygen atoms in total. The molecular weight excluding hydrogens is 987 g/mol. The second-order valence-corrected chi connectivity index (χ2v) is 22.5. The molecule has 2 unspecified atom stereocenters. The van der Waals surface area contributed by atoms with Gasteiger partial charge in [0.2, 0.25) is 0 Å². The van der Waals surface area contributed by atoms with E-state index in [-0.39, 0.29) is 26.0 Å². The molecule has 1 radical (unpaired) electrons. The first kappa shape index (κ1) is 42.3. The van der Waals surface area contributed by atoms with Crippen molar-refractivity contribution in [2.45, 2.75) is 45.3 Å². The molecule has 6 heteroatoms. The average Bonchev–Trinajstić information content (AvgIpc) is 3.93. The van der Waals surface area contributed by atoms with Crippen LogP contribution in [0.15, 0.2) is 199 Å². The minimum Gasteiger partial charge on any atom is -0.501 e. The van der Waals surface area contributed by atoms with Crippen molar-refractivity contribution in [3.05, 3.63) is 218 Å². The van der Waals surface area contributed by atoms with Crippen molar-refractivity contribution in [1.29, 1.82) is 0 Å².